The largest absolute Gasteiger partial charge is 0.493 e. The number of halogens is 2. The van der Waals surface area contributed by atoms with Gasteiger partial charge in [-0.1, -0.05) is 6.58 Å². The number of rotatable bonds is 8. The zero-order valence-corrected chi connectivity index (χ0v) is 18.8. The van der Waals surface area contributed by atoms with Crippen LogP contribution in [0.25, 0.3) is 0 Å². The molecule has 0 saturated heterocycles. The first-order valence-corrected chi connectivity index (χ1v) is 10.7. The zero-order valence-electron chi connectivity index (χ0n) is 18.8. The molecule has 180 valence electrons. The first kappa shape index (κ1) is 23.4. The highest BCUT2D eigenvalue weighted by molar-refractivity contribution is 5.95. The molecule has 1 aliphatic carbocycles. The van der Waals surface area contributed by atoms with E-state index in [0.717, 1.165) is 23.5 Å². The van der Waals surface area contributed by atoms with Crippen LogP contribution in [0.4, 0.5) is 14.5 Å². The summed E-state index contributed by atoms with van der Waals surface area (Å²) in [6.45, 7) is 3.64. The molecule has 2 heterocycles. The minimum absolute atomic E-state index is 0.00213. The number of methoxy groups -OCH3 is 2. The maximum absolute atomic E-state index is 15.1. The quantitative estimate of drug-likeness (QED) is 0.463. The van der Waals surface area contributed by atoms with E-state index in [4.69, 9.17) is 14.2 Å². The summed E-state index contributed by atoms with van der Waals surface area (Å²) in [5, 5.41) is 2.59. The second kappa shape index (κ2) is 9.62. The lowest BCUT2D eigenvalue weighted by Crippen LogP contribution is -2.34. The van der Waals surface area contributed by atoms with E-state index in [0.29, 0.717) is 11.3 Å². The number of benzene rings is 1. The highest BCUT2D eigenvalue weighted by atomic mass is 19.1. The van der Waals surface area contributed by atoms with Gasteiger partial charge >= 0.3 is 6.01 Å². The number of aromatic nitrogens is 2. The van der Waals surface area contributed by atoms with Gasteiger partial charge in [0.25, 0.3) is 0 Å². The molecule has 4 rings (SSSR count). The van der Waals surface area contributed by atoms with Crippen LogP contribution in [-0.4, -0.2) is 49.2 Å². The summed E-state index contributed by atoms with van der Waals surface area (Å²) in [6, 6.07) is 1.22. The molecule has 0 radical (unpaired) electrons. The molecule has 0 bridgehead atoms. The van der Waals surface area contributed by atoms with E-state index in [1.807, 2.05) is 0 Å². The summed E-state index contributed by atoms with van der Waals surface area (Å²) < 4.78 is 45.9. The molecular formula is C23H24F2N4O5. The summed E-state index contributed by atoms with van der Waals surface area (Å²) >= 11 is 0. The van der Waals surface area contributed by atoms with E-state index in [9.17, 15) is 9.59 Å². The van der Waals surface area contributed by atoms with Crippen molar-refractivity contribution < 1.29 is 32.6 Å². The predicted molar refractivity (Wildman–Crippen MR) is 117 cm³/mol. The molecule has 2 unspecified atom stereocenters. The second-order valence-electron chi connectivity index (χ2n) is 7.95. The van der Waals surface area contributed by atoms with Gasteiger partial charge in [0.05, 0.1) is 33.0 Å². The lowest BCUT2D eigenvalue weighted by atomic mass is 10.0. The molecule has 1 aromatic carbocycles. The number of ether oxygens (including phenoxy) is 3. The van der Waals surface area contributed by atoms with Crippen LogP contribution in [-0.2, 0) is 16.1 Å². The predicted octanol–water partition coefficient (Wildman–Crippen LogP) is 2.49. The Hall–Kier alpha value is -3.76. The third-order valence-electron chi connectivity index (χ3n) is 5.85. The van der Waals surface area contributed by atoms with Crippen molar-refractivity contribution >= 4 is 17.5 Å². The molecule has 2 atom stereocenters. The molecule has 1 fully saturated rings. The van der Waals surface area contributed by atoms with Crippen molar-refractivity contribution in [2.24, 2.45) is 5.92 Å². The highest BCUT2D eigenvalue weighted by Crippen LogP contribution is 2.52. The minimum atomic E-state index is -0.994. The van der Waals surface area contributed by atoms with Crippen LogP contribution in [0.2, 0.25) is 0 Å². The number of anilines is 1. The fraction of sp³-hybridized carbons (Fsp3) is 0.391. The molecule has 0 spiro atoms. The number of carbonyl (C=O) groups is 2. The van der Waals surface area contributed by atoms with Crippen molar-refractivity contribution in [1.82, 2.24) is 15.3 Å². The number of hydrogen-bond donors (Lipinski definition) is 1. The van der Waals surface area contributed by atoms with Gasteiger partial charge in [-0.05, 0) is 18.4 Å². The smallest absolute Gasteiger partial charge is 0.316 e. The van der Waals surface area contributed by atoms with Crippen molar-refractivity contribution in [3.8, 4) is 17.5 Å². The van der Waals surface area contributed by atoms with Crippen LogP contribution in [0, 0.1) is 17.6 Å². The van der Waals surface area contributed by atoms with E-state index < -0.39 is 23.2 Å². The minimum Gasteiger partial charge on any atom is -0.493 e. The fourth-order valence-electron chi connectivity index (χ4n) is 4.02. The standard InChI is InChI=1S/C23H24F2N4O5/c1-4-17(30)26-5-6-34-23-27-10-13-11-29(18(31)8-12-7-14(12)21(13)28-23)22-19(24)15(32-2)9-16(33-3)20(22)25/h4,9-10,12,14H,1,5-8,11H2,2-3H3,(H,26,30). The van der Waals surface area contributed by atoms with E-state index in [2.05, 4.69) is 21.9 Å². The van der Waals surface area contributed by atoms with Gasteiger partial charge in [0.1, 0.15) is 12.3 Å². The van der Waals surface area contributed by atoms with E-state index in [1.54, 1.807) is 0 Å². The molecule has 1 aromatic heterocycles. The number of hydrogen-bond acceptors (Lipinski definition) is 7. The van der Waals surface area contributed by atoms with Gasteiger partial charge < -0.3 is 24.4 Å². The summed E-state index contributed by atoms with van der Waals surface area (Å²) in [5.74, 6) is -3.15. The normalized spacial score (nSPS) is 18.7. The van der Waals surface area contributed by atoms with Gasteiger partial charge in [0, 0.05) is 30.2 Å². The Morgan fingerprint density at radius 2 is 2.00 bits per heavy atom. The molecule has 1 saturated carbocycles. The van der Waals surface area contributed by atoms with Crippen molar-refractivity contribution in [2.45, 2.75) is 25.3 Å². The van der Waals surface area contributed by atoms with Crippen LogP contribution < -0.4 is 24.4 Å². The van der Waals surface area contributed by atoms with Gasteiger partial charge in [-0.2, -0.15) is 4.98 Å². The summed E-state index contributed by atoms with van der Waals surface area (Å²) in [4.78, 5) is 34.0. The molecule has 1 N–H and O–H groups in total. The highest BCUT2D eigenvalue weighted by Gasteiger charge is 2.45. The van der Waals surface area contributed by atoms with Crippen molar-refractivity contribution in [2.75, 3.05) is 32.3 Å². The van der Waals surface area contributed by atoms with E-state index >= 15 is 8.78 Å². The van der Waals surface area contributed by atoms with E-state index in [-0.39, 0.29) is 61.4 Å². The van der Waals surface area contributed by atoms with Crippen LogP contribution in [0.15, 0.2) is 24.9 Å². The molecule has 2 aliphatic rings. The average molecular weight is 474 g/mol. The first-order chi connectivity index (χ1) is 16.4. The van der Waals surface area contributed by atoms with E-state index in [1.165, 1.54) is 20.4 Å². The van der Waals surface area contributed by atoms with Gasteiger partial charge in [-0.15, -0.1) is 0 Å². The summed E-state index contributed by atoms with van der Waals surface area (Å²) in [6.07, 6.45) is 3.50. The number of nitrogens with zero attached hydrogens (tertiary/aromatic N) is 3. The Bertz CT molecular complexity index is 1110. The summed E-state index contributed by atoms with van der Waals surface area (Å²) in [5.41, 5.74) is 0.705. The molecule has 2 amide bonds. The third kappa shape index (κ3) is 4.50. The molecule has 34 heavy (non-hydrogen) atoms. The molecular weight excluding hydrogens is 450 g/mol. The summed E-state index contributed by atoms with van der Waals surface area (Å²) in [7, 11) is 2.49. The first-order valence-electron chi connectivity index (χ1n) is 10.7. The lowest BCUT2D eigenvalue weighted by molar-refractivity contribution is -0.119. The second-order valence-corrected chi connectivity index (χ2v) is 7.95. The van der Waals surface area contributed by atoms with Crippen LogP contribution >= 0.6 is 0 Å². The Morgan fingerprint density at radius 3 is 2.65 bits per heavy atom. The SMILES string of the molecule is C=CC(=O)NCCOc1ncc2c(n1)C1CC1CC(=O)N(c1c(F)c(OC)cc(OC)c1F)C2. The monoisotopic (exact) mass is 474 g/mol. The van der Waals surface area contributed by atoms with Crippen molar-refractivity contribution in [1.29, 1.82) is 0 Å². The molecule has 11 heteroatoms. The number of amides is 2. The number of nitrogens with one attached hydrogen (secondary N) is 1. The molecule has 1 aliphatic heterocycles. The molecule has 9 nitrogen and oxygen atoms in total. The van der Waals surface area contributed by atoms with Crippen LogP contribution in [0.5, 0.6) is 17.5 Å². The van der Waals surface area contributed by atoms with Gasteiger partial charge in [-0.25, -0.2) is 13.8 Å². The average Bonchev–Trinajstić information content (AvgIpc) is 3.59. The maximum atomic E-state index is 15.1. The third-order valence-corrected chi connectivity index (χ3v) is 5.85. The van der Waals surface area contributed by atoms with Gasteiger partial charge in [0.2, 0.25) is 11.8 Å². The van der Waals surface area contributed by atoms with Crippen molar-refractivity contribution in [3.05, 3.63) is 47.8 Å². The number of fused-ring (bicyclic) bond motifs is 3. The topological polar surface area (TPSA) is 103 Å². The number of carbonyl (C=O) groups excluding carboxylic acids is 2. The molecule has 2 aromatic rings. The zero-order chi connectivity index (χ0) is 24.4. The van der Waals surface area contributed by atoms with Crippen LogP contribution in [0.3, 0.4) is 0 Å². The fourth-order valence-corrected chi connectivity index (χ4v) is 4.02. The lowest BCUT2D eigenvalue weighted by Gasteiger charge is -2.27. The Labute approximate surface area is 194 Å². The van der Waals surface area contributed by atoms with Gasteiger partial charge in [0.15, 0.2) is 23.1 Å². The Morgan fingerprint density at radius 1 is 1.29 bits per heavy atom. The Kier molecular flexibility index (Phi) is 6.62. The van der Waals surface area contributed by atoms with Crippen molar-refractivity contribution in [3.63, 3.8) is 0 Å². The Balaban J connectivity index is 1.63. The maximum Gasteiger partial charge on any atom is 0.316 e. The van der Waals surface area contributed by atoms with Crippen LogP contribution in [0.1, 0.15) is 30.0 Å². The van der Waals surface area contributed by atoms with Gasteiger partial charge in [-0.3, -0.25) is 9.59 Å².